The van der Waals surface area contributed by atoms with E-state index in [0.29, 0.717) is 31.2 Å². The molecule has 8 heteroatoms. The Morgan fingerprint density at radius 1 is 1.04 bits per heavy atom. The van der Waals surface area contributed by atoms with Crippen molar-refractivity contribution in [3.05, 3.63) is 65.2 Å². The maximum Gasteiger partial charge on any atom is 0.243 e. The van der Waals surface area contributed by atoms with Gasteiger partial charge in [0.15, 0.2) is 0 Å². The third kappa shape index (κ3) is 5.11. The Morgan fingerprint density at radius 2 is 1.64 bits per heavy atom. The molecule has 0 aromatic heterocycles. The van der Waals surface area contributed by atoms with E-state index in [9.17, 15) is 13.2 Å². The van der Waals surface area contributed by atoms with Crippen LogP contribution in [-0.4, -0.2) is 56.3 Å². The molecule has 1 N–H and O–H groups in total. The summed E-state index contributed by atoms with van der Waals surface area (Å²) in [5.74, 6) is -0.0645. The van der Waals surface area contributed by atoms with Gasteiger partial charge in [-0.05, 0) is 36.8 Å². The Labute approximate surface area is 171 Å². The molecular formula is C20H24ClN3O3S. The molecule has 0 spiro atoms. The van der Waals surface area contributed by atoms with E-state index in [2.05, 4.69) is 5.32 Å². The van der Waals surface area contributed by atoms with Gasteiger partial charge in [-0.1, -0.05) is 41.9 Å². The van der Waals surface area contributed by atoms with Crippen molar-refractivity contribution in [3.63, 3.8) is 0 Å². The van der Waals surface area contributed by atoms with Gasteiger partial charge in [0.2, 0.25) is 15.9 Å². The zero-order valence-corrected chi connectivity index (χ0v) is 17.3. The van der Waals surface area contributed by atoms with Gasteiger partial charge in [-0.3, -0.25) is 9.69 Å². The summed E-state index contributed by atoms with van der Waals surface area (Å²) >= 11 is 5.84. The zero-order valence-electron chi connectivity index (χ0n) is 15.7. The zero-order chi connectivity index (χ0) is 20.1. The van der Waals surface area contributed by atoms with Gasteiger partial charge in [-0.2, -0.15) is 4.31 Å². The molecule has 0 aliphatic carbocycles. The highest BCUT2D eigenvalue weighted by atomic mass is 35.5. The van der Waals surface area contributed by atoms with E-state index in [-0.39, 0.29) is 23.4 Å². The summed E-state index contributed by atoms with van der Waals surface area (Å²) in [5, 5.41) is 3.49. The molecule has 1 amide bonds. The van der Waals surface area contributed by atoms with Gasteiger partial charge < -0.3 is 5.32 Å². The van der Waals surface area contributed by atoms with Crippen molar-refractivity contribution in [1.29, 1.82) is 0 Å². The molecule has 2 aromatic rings. The molecule has 1 heterocycles. The predicted octanol–water partition coefficient (Wildman–Crippen LogP) is 2.52. The van der Waals surface area contributed by atoms with Crippen LogP contribution in [0.1, 0.15) is 18.5 Å². The van der Waals surface area contributed by atoms with Crippen molar-refractivity contribution in [2.24, 2.45) is 0 Å². The first kappa shape index (κ1) is 20.8. The topological polar surface area (TPSA) is 69.7 Å². The minimum atomic E-state index is -3.54. The molecular weight excluding hydrogens is 398 g/mol. The number of amides is 1. The second-order valence-corrected chi connectivity index (χ2v) is 9.21. The fourth-order valence-electron chi connectivity index (χ4n) is 3.20. The van der Waals surface area contributed by atoms with Crippen molar-refractivity contribution in [1.82, 2.24) is 14.5 Å². The lowest BCUT2D eigenvalue weighted by Crippen LogP contribution is -2.51. The number of carbonyl (C=O) groups excluding carboxylic acids is 1. The Kier molecular flexibility index (Phi) is 6.72. The number of sulfonamides is 1. The van der Waals surface area contributed by atoms with Crippen LogP contribution < -0.4 is 5.32 Å². The molecule has 0 unspecified atom stereocenters. The number of carbonyl (C=O) groups is 1. The van der Waals surface area contributed by atoms with Crippen LogP contribution in [-0.2, 0) is 14.8 Å². The van der Waals surface area contributed by atoms with Crippen molar-refractivity contribution < 1.29 is 13.2 Å². The molecule has 1 atom stereocenters. The first-order chi connectivity index (χ1) is 13.4. The number of halogens is 1. The number of nitrogens with one attached hydrogen (secondary N) is 1. The Morgan fingerprint density at radius 3 is 2.25 bits per heavy atom. The molecule has 28 heavy (non-hydrogen) atoms. The molecule has 1 aliphatic rings. The summed E-state index contributed by atoms with van der Waals surface area (Å²) in [6.45, 7) is 3.94. The highest BCUT2D eigenvalue weighted by Gasteiger charge is 2.29. The molecule has 0 saturated carbocycles. The van der Waals surface area contributed by atoms with Gasteiger partial charge in [0, 0.05) is 31.2 Å². The lowest BCUT2D eigenvalue weighted by atomic mass is 10.1. The highest BCUT2D eigenvalue weighted by Crippen LogP contribution is 2.20. The van der Waals surface area contributed by atoms with Crippen LogP contribution in [0.4, 0.5) is 0 Å². The highest BCUT2D eigenvalue weighted by molar-refractivity contribution is 7.89. The van der Waals surface area contributed by atoms with Crippen LogP contribution in [0.15, 0.2) is 59.5 Å². The average molecular weight is 422 g/mol. The van der Waals surface area contributed by atoms with Gasteiger partial charge in [-0.25, -0.2) is 8.42 Å². The SMILES string of the molecule is C[C@H](NC(=O)CN1CCN(S(=O)(=O)c2ccc(Cl)cc2)CC1)c1ccccc1. The molecule has 150 valence electrons. The lowest BCUT2D eigenvalue weighted by molar-refractivity contribution is -0.123. The quantitative estimate of drug-likeness (QED) is 0.778. The minimum Gasteiger partial charge on any atom is -0.348 e. The largest absolute Gasteiger partial charge is 0.348 e. The van der Waals surface area contributed by atoms with E-state index in [1.54, 1.807) is 12.1 Å². The first-order valence-electron chi connectivity index (χ1n) is 9.18. The fraction of sp³-hybridized carbons (Fsp3) is 0.350. The van der Waals surface area contributed by atoms with Gasteiger partial charge in [-0.15, -0.1) is 0 Å². The maximum atomic E-state index is 12.7. The first-order valence-corrected chi connectivity index (χ1v) is 11.0. The van der Waals surface area contributed by atoms with E-state index in [4.69, 9.17) is 11.6 Å². The number of rotatable bonds is 6. The maximum absolute atomic E-state index is 12.7. The normalized spacial score (nSPS) is 17.2. The number of benzene rings is 2. The molecule has 2 aromatic carbocycles. The summed E-state index contributed by atoms with van der Waals surface area (Å²) in [7, 11) is -3.54. The van der Waals surface area contributed by atoms with Crippen LogP contribution in [0.2, 0.25) is 5.02 Å². The minimum absolute atomic E-state index is 0.0645. The molecule has 0 bridgehead atoms. The summed E-state index contributed by atoms with van der Waals surface area (Å²) in [4.78, 5) is 14.5. The summed E-state index contributed by atoms with van der Waals surface area (Å²) in [6, 6.07) is 15.9. The van der Waals surface area contributed by atoms with Gasteiger partial charge in [0.05, 0.1) is 17.5 Å². The van der Waals surface area contributed by atoms with E-state index in [1.807, 2.05) is 42.2 Å². The van der Waals surface area contributed by atoms with E-state index < -0.39 is 10.0 Å². The number of hydrogen-bond acceptors (Lipinski definition) is 4. The molecule has 3 rings (SSSR count). The second kappa shape index (κ2) is 9.05. The van der Waals surface area contributed by atoms with Crippen molar-refractivity contribution in [2.75, 3.05) is 32.7 Å². The third-order valence-electron chi connectivity index (χ3n) is 4.83. The van der Waals surface area contributed by atoms with Gasteiger partial charge >= 0.3 is 0 Å². The van der Waals surface area contributed by atoms with Crippen LogP contribution in [0.3, 0.4) is 0 Å². The van der Waals surface area contributed by atoms with E-state index in [0.717, 1.165) is 5.56 Å². The van der Waals surface area contributed by atoms with Crippen LogP contribution in [0.25, 0.3) is 0 Å². The van der Waals surface area contributed by atoms with Gasteiger partial charge in [0.1, 0.15) is 0 Å². The second-order valence-electron chi connectivity index (χ2n) is 6.83. The summed E-state index contributed by atoms with van der Waals surface area (Å²) in [5.41, 5.74) is 1.05. The van der Waals surface area contributed by atoms with E-state index in [1.165, 1.54) is 16.4 Å². The third-order valence-corrected chi connectivity index (χ3v) is 6.99. The molecule has 0 radical (unpaired) electrons. The number of piperazine rings is 1. The molecule has 1 aliphatic heterocycles. The predicted molar refractivity (Wildman–Crippen MR) is 110 cm³/mol. The van der Waals surface area contributed by atoms with Crippen molar-refractivity contribution >= 4 is 27.5 Å². The monoisotopic (exact) mass is 421 g/mol. The Bertz CT molecular complexity index is 896. The van der Waals surface area contributed by atoms with E-state index >= 15 is 0 Å². The van der Waals surface area contributed by atoms with Crippen LogP contribution in [0, 0.1) is 0 Å². The lowest BCUT2D eigenvalue weighted by Gasteiger charge is -2.33. The smallest absolute Gasteiger partial charge is 0.243 e. The van der Waals surface area contributed by atoms with Crippen LogP contribution in [0.5, 0.6) is 0 Å². The number of hydrogen-bond donors (Lipinski definition) is 1. The molecule has 6 nitrogen and oxygen atoms in total. The van der Waals surface area contributed by atoms with Gasteiger partial charge in [0.25, 0.3) is 0 Å². The summed E-state index contributed by atoms with van der Waals surface area (Å²) in [6.07, 6.45) is 0. The molecule has 1 fully saturated rings. The average Bonchev–Trinajstić information content (AvgIpc) is 2.69. The summed E-state index contributed by atoms with van der Waals surface area (Å²) < 4.78 is 26.9. The fourth-order valence-corrected chi connectivity index (χ4v) is 4.75. The van der Waals surface area contributed by atoms with Crippen molar-refractivity contribution in [2.45, 2.75) is 17.9 Å². The van der Waals surface area contributed by atoms with Crippen LogP contribution >= 0.6 is 11.6 Å². The molecule has 1 saturated heterocycles. The standard InChI is InChI=1S/C20H24ClN3O3S/c1-16(17-5-3-2-4-6-17)22-20(25)15-23-11-13-24(14-12-23)28(26,27)19-9-7-18(21)8-10-19/h2-10,16H,11-15H2,1H3,(H,22,25)/t16-/m0/s1. The Balaban J connectivity index is 1.51. The number of nitrogens with zero attached hydrogens (tertiary/aromatic N) is 2. The van der Waals surface area contributed by atoms with Crippen molar-refractivity contribution in [3.8, 4) is 0 Å². The Hall–Kier alpha value is -1.93.